The fourth-order valence-corrected chi connectivity index (χ4v) is 8.38. The van der Waals surface area contributed by atoms with E-state index in [1.807, 2.05) is 19.9 Å². The van der Waals surface area contributed by atoms with E-state index >= 15 is 0 Å². The highest BCUT2D eigenvalue weighted by Gasteiger charge is 2.30. The summed E-state index contributed by atoms with van der Waals surface area (Å²) in [5.74, 6) is 0.792. The average Bonchev–Trinajstić information content (AvgIpc) is 3.67. The first-order valence-electron chi connectivity index (χ1n) is 17.8. The van der Waals surface area contributed by atoms with Gasteiger partial charge in [-0.1, -0.05) is 19.9 Å². The first-order valence-corrected chi connectivity index (χ1v) is 18.6. The molecule has 2 aliphatic heterocycles. The predicted molar refractivity (Wildman–Crippen MR) is 192 cm³/mol. The van der Waals surface area contributed by atoms with E-state index in [9.17, 15) is 23.2 Å². The van der Waals surface area contributed by atoms with E-state index in [1.54, 1.807) is 6.07 Å². The highest BCUT2D eigenvalue weighted by Crippen LogP contribution is 2.34. The molecular formula is C37H47F3N8OS. The van der Waals surface area contributed by atoms with Crippen molar-refractivity contribution in [3.05, 3.63) is 52.3 Å². The van der Waals surface area contributed by atoms with Crippen LogP contribution in [0.2, 0.25) is 0 Å². The molecule has 0 aliphatic carbocycles. The standard InChI is InChI=1S/C37H47F3N8OS/c1-5-23(2)35(49)45-28-10-14-47(15-11-28)24(3)20-48-29(19-41)16-31-25(4)26(6-7-33(31)48)21-46-12-8-27(9-13-46)44-34-32-17-30(18-37(38,39)40)50-36(32)43-22-42-34/h6-7,16-17,22-24,27-28H,5,8-15,18,20-21H2,1-4H3,(H,45,49)(H,42,43,44)/t23?,24-/m0/s1. The Balaban J connectivity index is 1.05. The van der Waals surface area contributed by atoms with Gasteiger partial charge >= 0.3 is 6.18 Å². The summed E-state index contributed by atoms with van der Waals surface area (Å²) in [6.07, 6.45) is 0.695. The zero-order chi connectivity index (χ0) is 35.6. The van der Waals surface area contributed by atoms with Gasteiger partial charge in [0.15, 0.2) is 0 Å². The van der Waals surface area contributed by atoms with Crippen molar-refractivity contribution in [2.75, 3.05) is 31.5 Å². The number of aryl methyl sites for hydroxylation is 1. The Morgan fingerprint density at radius 1 is 1.06 bits per heavy atom. The van der Waals surface area contributed by atoms with Gasteiger partial charge in [-0.05, 0) is 75.3 Å². The Hall–Kier alpha value is -3.73. The van der Waals surface area contributed by atoms with Crippen LogP contribution in [0.5, 0.6) is 0 Å². The summed E-state index contributed by atoms with van der Waals surface area (Å²) >= 11 is 1.07. The number of amides is 1. The second-order valence-corrected chi connectivity index (χ2v) is 15.3. The Bertz CT molecular complexity index is 1850. The number of alkyl halides is 3. The summed E-state index contributed by atoms with van der Waals surface area (Å²) in [5, 5.41) is 18.6. The number of fused-ring (bicyclic) bond motifs is 2. The molecule has 5 heterocycles. The number of halogens is 3. The maximum atomic E-state index is 13.0. The van der Waals surface area contributed by atoms with Crippen molar-refractivity contribution in [1.29, 1.82) is 5.26 Å². The van der Waals surface area contributed by atoms with Gasteiger partial charge in [0.05, 0.1) is 11.8 Å². The van der Waals surface area contributed by atoms with E-state index in [1.165, 1.54) is 17.5 Å². The van der Waals surface area contributed by atoms with Crippen molar-refractivity contribution in [2.45, 2.75) is 104 Å². The Labute approximate surface area is 295 Å². The molecule has 1 unspecified atom stereocenters. The van der Waals surface area contributed by atoms with Gasteiger partial charge in [0.1, 0.15) is 28.7 Å². The largest absolute Gasteiger partial charge is 0.393 e. The lowest BCUT2D eigenvalue weighted by atomic mass is 10.0. The SMILES string of the molecule is CCC(C)C(=O)NC1CCN([C@@H](C)Cn2c(C#N)cc3c(C)c(CN4CCC(Nc5ncnc6sc(CC(F)(F)F)cc56)CC4)ccc32)CC1. The molecule has 3 aromatic heterocycles. The number of piperidine rings is 2. The lowest BCUT2D eigenvalue weighted by Crippen LogP contribution is -2.49. The maximum absolute atomic E-state index is 13.0. The maximum Gasteiger partial charge on any atom is 0.393 e. The van der Waals surface area contributed by atoms with Crippen LogP contribution in [0.4, 0.5) is 19.0 Å². The normalized spacial score (nSPS) is 18.4. The fourth-order valence-electron chi connectivity index (χ4n) is 7.35. The molecular weight excluding hydrogens is 662 g/mol. The number of benzene rings is 1. The number of carbonyl (C=O) groups is 1. The molecule has 2 fully saturated rings. The third-order valence-electron chi connectivity index (χ3n) is 10.7. The van der Waals surface area contributed by atoms with Crippen LogP contribution in [0.25, 0.3) is 21.1 Å². The van der Waals surface area contributed by atoms with Gasteiger partial charge in [0.2, 0.25) is 5.91 Å². The lowest BCUT2D eigenvalue weighted by molar-refractivity contribution is -0.127. The number of hydrogen-bond donors (Lipinski definition) is 2. The van der Waals surface area contributed by atoms with E-state index in [2.05, 4.69) is 67.0 Å². The molecule has 4 aromatic rings. The number of rotatable bonds is 11. The third kappa shape index (κ3) is 8.24. The molecule has 0 bridgehead atoms. The molecule has 2 aliphatic rings. The van der Waals surface area contributed by atoms with Crippen molar-refractivity contribution in [3.63, 3.8) is 0 Å². The van der Waals surface area contributed by atoms with Crippen molar-refractivity contribution in [1.82, 2.24) is 29.7 Å². The van der Waals surface area contributed by atoms with E-state index < -0.39 is 12.6 Å². The second kappa shape index (κ2) is 15.3. The molecule has 1 amide bonds. The summed E-state index contributed by atoms with van der Waals surface area (Å²) in [7, 11) is 0. The van der Waals surface area contributed by atoms with Crippen LogP contribution in [-0.2, 0) is 24.3 Å². The number of carbonyl (C=O) groups excluding carboxylic acids is 1. The molecule has 9 nitrogen and oxygen atoms in total. The molecule has 13 heteroatoms. The molecule has 0 spiro atoms. The summed E-state index contributed by atoms with van der Waals surface area (Å²) in [6.45, 7) is 13.5. The van der Waals surface area contributed by atoms with Gasteiger partial charge in [-0.3, -0.25) is 14.6 Å². The highest BCUT2D eigenvalue weighted by atomic mass is 32.1. The van der Waals surface area contributed by atoms with Crippen molar-refractivity contribution >= 4 is 44.2 Å². The first-order chi connectivity index (χ1) is 23.9. The number of hydrogen-bond acceptors (Lipinski definition) is 8. The number of aromatic nitrogens is 3. The van der Waals surface area contributed by atoms with Crippen LogP contribution in [0, 0.1) is 24.2 Å². The van der Waals surface area contributed by atoms with Crippen LogP contribution in [-0.4, -0.2) is 80.7 Å². The molecule has 1 aromatic carbocycles. The summed E-state index contributed by atoms with van der Waals surface area (Å²) in [5.41, 5.74) is 4.19. The summed E-state index contributed by atoms with van der Waals surface area (Å²) in [4.78, 5) is 26.7. The topological polar surface area (TPSA) is 102 Å². The molecule has 2 atom stereocenters. The van der Waals surface area contributed by atoms with Gasteiger partial charge in [-0.25, -0.2) is 9.97 Å². The number of anilines is 1. The number of nitriles is 1. The Morgan fingerprint density at radius 2 is 1.78 bits per heavy atom. The monoisotopic (exact) mass is 708 g/mol. The number of likely N-dealkylation sites (tertiary alicyclic amines) is 2. The minimum Gasteiger partial charge on any atom is -0.367 e. The molecule has 2 N–H and O–H groups in total. The van der Waals surface area contributed by atoms with Gasteiger partial charge in [-0.2, -0.15) is 18.4 Å². The van der Waals surface area contributed by atoms with Crippen LogP contribution in [0.15, 0.2) is 30.6 Å². The van der Waals surface area contributed by atoms with Crippen LogP contribution >= 0.6 is 11.3 Å². The minimum absolute atomic E-state index is 0.0430. The van der Waals surface area contributed by atoms with E-state index in [0.29, 0.717) is 21.7 Å². The van der Waals surface area contributed by atoms with Crippen molar-refractivity contribution < 1.29 is 18.0 Å². The van der Waals surface area contributed by atoms with E-state index in [-0.39, 0.29) is 34.8 Å². The molecule has 0 saturated carbocycles. The van der Waals surface area contributed by atoms with Crippen LogP contribution in [0.3, 0.4) is 0 Å². The third-order valence-corrected chi connectivity index (χ3v) is 11.7. The zero-order valence-corrected chi connectivity index (χ0v) is 30.1. The van der Waals surface area contributed by atoms with Gasteiger partial charge in [0, 0.05) is 79.1 Å². The predicted octanol–water partition coefficient (Wildman–Crippen LogP) is 7.02. The van der Waals surface area contributed by atoms with Crippen molar-refractivity contribution in [3.8, 4) is 6.07 Å². The lowest BCUT2D eigenvalue weighted by Gasteiger charge is -2.37. The van der Waals surface area contributed by atoms with Gasteiger partial charge in [0.25, 0.3) is 0 Å². The fraction of sp³-hybridized carbons (Fsp3) is 0.568. The molecule has 50 heavy (non-hydrogen) atoms. The smallest absolute Gasteiger partial charge is 0.367 e. The molecule has 2 saturated heterocycles. The first kappa shape index (κ1) is 36.1. The highest BCUT2D eigenvalue weighted by molar-refractivity contribution is 7.18. The minimum atomic E-state index is -4.26. The van der Waals surface area contributed by atoms with Crippen LogP contribution in [0.1, 0.15) is 74.6 Å². The van der Waals surface area contributed by atoms with E-state index in [0.717, 1.165) is 93.6 Å². The molecule has 6 rings (SSSR count). The molecule has 268 valence electrons. The number of nitrogens with zero attached hydrogens (tertiary/aromatic N) is 6. The second-order valence-electron chi connectivity index (χ2n) is 14.2. The summed E-state index contributed by atoms with van der Waals surface area (Å²) in [6, 6.07) is 11.0. The van der Waals surface area contributed by atoms with Crippen LogP contribution < -0.4 is 10.6 Å². The molecule has 0 radical (unpaired) electrons. The Morgan fingerprint density at radius 3 is 2.46 bits per heavy atom. The van der Waals surface area contributed by atoms with E-state index in [4.69, 9.17) is 0 Å². The van der Waals surface area contributed by atoms with Gasteiger partial charge < -0.3 is 15.2 Å². The Kier molecular flexibility index (Phi) is 11.0. The number of nitrogens with one attached hydrogen (secondary N) is 2. The number of thiophene rings is 1. The summed E-state index contributed by atoms with van der Waals surface area (Å²) < 4.78 is 41.1. The van der Waals surface area contributed by atoms with Gasteiger partial charge in [-0.15, -0.1) is 11.3 Å². The zero-order valence-electron chi connectivity index (χ0n) is 29.3. The quantitative estimate of drug-likeness (QED) is 0.173. The average molecular weight is 709 g/mol. The van der Waals surface area contributed by atoms with Crippen molar-refractivity contribution in [2.24, 2.45) is 5.92 Å².